The average molecular weight is 626 g/mol. The Hall–Kier alpha value is -4.17. The molecule has 2 aliphatic rings. The first kappa shape index (κ1) is 33.2. The van der Waals surface area contributed by atoms with E-state index in [-0.39, 0.29) is 48.8 Å². The van der Waals surface area contributed by atoms with Crippen molar-refractivity contribution in [2.45, 2.75) is 78.3 Å². The largest absolute Gasteiger partial charge is 0.466 e. The molecule has 0 unspecified atom stereocenters. The molecular formula is C38H47N3O5. The lowest BCUT2D eigenvalue weighted by atomic mass is 9.71. The van der Waals surface area contributed by atoms with E-state index >= 15 is 0 Å². The van der Waals surface area contributed by atoms with Crippen molar-refractivity contribution in [3.8, 4) is 11.1 Å². The van der Waals surface area contributed by atoms with Crippen LogP contribution in [0.1, 0.15) is 92.8 Å². The molecule has 244 valence electrons. The van der Waals surface area contributed by atoms with Gasteiger partial charge in [-0.2, -0.15) is 0 Å². The molecule has 2 aliphatic carbocycles. The molecule has 0 heterocycles. The number of nitrogens with zero attached hydrogens (tertiary/aromatic N) is 1. The van der Waals surface area contributed by atoms with Crippen LogP contribution in [0.4, 0.5) is 4.79 Å². The number of benzene rings is 3. The van der Waals surface area contributed by atoms with E-state index < -0.39 is 6.09 Å². The molecule has 0 atom stereocenters. The lowest BCUT2D eigenvalue weighted by Crippen LogP contribution is -2.50. The van der Waals surface area contributed by atoms with Gasteiger partial charge in [0.1, 0.15) is 6.61 Å². The highest BCUT2D eigenvalue weighted by atomic mass is 16.6. The monoisotopic (exact) mass is 625 g/mol. The van der Waals surface area contributed by atoms with Crippen molar-refractivity contribution in [2.75, 3.05) is 19.8 Å². The van der Waals surface area contributed by atoms with Gasteiger partial charge in [0, 0.05) is 30.6 Å². The highest BCUT2D eigenvalue weighted by molar-refractivity contribution is 5.94. The van der Waals surface area contributed by atoms with Gasteiger partial charge >= 0.3 is 12.1 Å². The van der Waals surface area contributed by atoms with Crippen molar-refractivity contribution in [1.82, 2.24) is 15.8 Å². The number of ether oxygens (including phenoxy) is 2. The Labute approximate surface area is 272 Å². The summed E-state index contributed by atoms with van der Waals surface area (Å²) in [7, 11) is 0. The van der Waals surface area contributed by atoms with E-state index in [1.165, 1.54) is 22.3 Å². The first-order chi connectivity index (χ1) is 22.1. The number of amides is 2. The highest BCUT2D eigenvalue weighted by Gasteiger charge is 2.34. The minimum Gasteiger partial charge on any atom is -0.466 e. The molecule has 1 fully saturated rings. The minimum absolute atomic E-state index is 0.00944. The van der Waals surface area contributed by atoms with Crippen molar-refractivity contribution in [3.05, 3.63) is 95.1 Å². The number of hydrogen-bond donors (Lipinski definition) is 2. The smallest absolute Gasteiger partial charge is 0.421 e. The fraction of sp³-hybridized carbons (Fsp3) is 0.447. The number of esters is 1. The molecule has 0 aromatic heterocycles. The van der Waals surface area contributed by atoms with Crippen LogP contribution in [0.25, 0.3) is 11.1 Å². The van der Waals surface area contributed by atoms with Gasteiger partial charge in [-0.15, -0.1) is 0 Å². The molecule has 8 heteroatoms. The van der Waals surface area contributed by atoms with Gasteiger partial charge in [0.05, 0.1) is 13.0 Å². The Balaban J connectivity index is 1.23. The molecule has 0 spiro atoms. The van der Waals surface area contributed by atoms with Gasteiger partial charge in [-0.05, 0) is 83.9 Å². The van der Waals surface area contributed by atoms with E-state index in [9.17, 15) is 14.4 Å². The quantitative estimate of drug-likeness (QED) is 0.172. The Morgan fingerprint density at radius 2 is 1.43 bits per heavy atom. The van der Waals surface area contributed by atoms with Gasteiger partial charge in [-0.3, -0.25) is 15.0 Å². The van der Waals surface area contributed by atoms with Crippen molar-refractivity contribution < 1.29 is 23.9 Å². The van der Waals surface area contributed by atoms with Gasteiger partial charge in [0.15, 0.2) is 0 Å². The molecule has 0 saturated heterocycles. The van der Waals surface area contributed by atoms with Crippen LogP contribution in [0.5, 0.6) is 0 Å². The summed E-state index contributed by atoms with van der Waals surface area (Å²) in [6.45, 7) is 9.94. The number of nitrogens with one attached hydrogen (secondary N) is 2. The second-order valence-electron chi connectivity index (χ2n) is 13.4. The summed E-state index contributed by atoms with van der Waals surface area (Å²) >= 11 is 0. The standard InChI is InChI=1S/C38H47N3O5/c1-5-45-35(42)22-23-39-36(43)27-16-14-26(15-17-27)24-41(29-20-18-28(19-21-29)38(2,3)4)40-37(44)46-25-34-32-12-8-6-10-30(32)31-11-7-9-13-33(31)34/h6-17,28-29,34H,5,18-25H2,1-4H3,(H,39,43)(H,40,44). The Morgan fingerprint density at radius 1 is 0.826 bits per heavy atom. The van der Waals surface area contributed by atoms with Gasteiger partial charge in [-0.1, -0.05) is 81.4 Å². The molecule has 3 aromatic rings. The Morgan fingerprint density at radius 3 is 2.02 bits per heavy atom. The number of hydrogen-bond acceptors (Lipinski definition) is 6. The summed E-state index contributed by atoms with van der Waals surface area (Å²) in [6, 6.07) is 24.2. The number of rotatable bonds is 11. The number of carbonyl (C=O) groups excluding carboxylic acids is 3. The number of fused-ring (bicyclic) bond motifs is 3. The zero-order valence-electron chi connectivity index (χ0n) is 27.5. The highest BCUT2D eigenvalue weighted by Crippen LogP contribution is 2.44. The molecule has 3 aromatic carbocycles. The van der Waals surface area contributed by atoms with E-state index in [0.29, 0.717) is 24.6 Å². The third-order valence-corrected chi connectivity index (χ3v) is 9.43. The van der Waals surface area contributed by atoms with Crippen molar-refractivity contribution in [1.29, 1.82) is 0 Å². The molecule has 0 radical (unpaired) electrons. The molecule has 46 heavy (non-hydrogen) atoms. The van der Waals surface area contributed by atoms with Crippen LogP contribution in [0.3, 0.4) is 0 Å². The van der Waals surface area contributed by atoms with Crippen LogP contribution < -0.4 is 10.7 Å². The normalized spacial score (nSPS) is 17.6. The zero-order valence-corrected chi connectivity index (χ0v) is 27.5. The minimum atomic E-state index is -0.461. The van der Waals surface area contributed by atoms with Gasteiger partial charge in [0.25, 0.3) is 5.91 Å². The van der Waals surface area contributed by atoms with E-state index in [1.807, 2.05) is 41.4 Å². The summed E-state index contributed by atoms with van der Waals surface area (Å²) < 4.78 is 10.8. The summed E-state index contributed by atoms with van der Waals surface area (Å²) in [5.74, 6) is 0.0510. The lowest BCUT2D eigenvalue weighted by molar-refractivity contribution is -0.142. The second kappa shape index (κ2) is 14.9. The van der Waals surface area contributed by atoms with Crippen molar-refractivity contribution in [2.24, 2.45) is 11.3 Å². The summed E-state index contributed by atoms with van der Waals surface area (Å²) in [5.41, 5.74) is 9.58. The van der Waals surface area contributed by atoms with E-state index in [0.717, 1.165) is 31.2 Å². The fourth-order valence-electron chi connectivity index (χ4n) is 6.83. The summed E-state index contributed by atoms with van der Waals surface area (Å²) in [6.07, 6.45) is 3.83. The molecule has 0 aliphatic heterocycles. The van der Waals surface area contributed by atoms with Crippen LogP contribution in [0, 0.1) is 11.3 Å². The predicted octanol–water partition coefficient (Wildman–Crippen LogP) is 7.23. The van der Waals surface area contributed by atoms with Crippen molar-refractivity contribution in [3.63, 3.8) is 0 Å². The molecule has 5 rings (SSSR count). The molecule has 0 bridgehead atoms. The zero-order chi connectivity index (χ0) is 32.7. The van der Waals surface area contributed by atoms with Crippen LogP contribution >= 0.6 is 0 Å². The third kappa shape index (κ3) is 8.15. The van der Waals surface area contributed by atoms with Gasteiger partial charge in [0.2, 0.25) is 0 Å². The maximum absolute atomic E-state index is 13.4. The fourth-order valence-corrected chi connectivity index (χ4v) is 6.83. The predicted molar refractivity (Wildman–Crippen MR) is 179 cm³/mol. The summed E-state index contributed by atoms with van der Waals surface area (Å²) in [4.78, 5) is 37.5. The van der Waals surface area contributed by atoms with Crippen LogP contribution in [-0.4, -0.2) is 48.8 Å². The van der Waals surface area contributed by atoms with Gasteiger partial charge in [-0.25, -0.2) is 9.80 Å². The van der Waals surface area contributed by atoms with E-state index in [4.69, 9.17) is 9.47 Å². The SMILES string of the molecule is CCOC(=O)CCNC(=O)c1ccc(CN(NC(=O)OCC2c3ccccc3-c3ccccc32)C2CCC(C(C)(C)C)CC2)cc1. The molecule has 1 saturated carbocycles. The van der Waals surface area contributed by atoms with E-state index in [1.54, 1.807) is 19.1 Å². The first-order valence-electron chi connectivity index (χ1n) is 16.5. The number of hydrazine groups is 1. The number of carbonyl (C=O) groups is 3. The first-order valence-corrected chi connectivity index (χ1v) is 16.5. The average Bonchev–Trinajstić information content (AvgIpc) is 3.37. The van der Waals surface area contributed by atoms with Crippen LogP contribution in [-0.2, 0) is 20.8 Å². The Bertz CT molecular complexity index is 1460. The molecule has 2 amide bonds. The summed E-state index contributed by atoms with van der Waals surface area (Å²) in [5, 5.41) is 4.79. The maximum atomic E-state index is 13.4. The van der Waals surface area contributed by atoms with Crippen LogP contribution in [0.2, 0.25) is 0 Å². The second-order valence-corrected chi connectivity index (χ2v) is 13.4. The molecule has 8 nitrogen and oxygen atoms in total. The maximum Gasteiger partial charge on any atom is 0.421 e. The topological polar surface area (TPSA) is 97.0 Å². The molecular weight excluding hydrogens is 578 g/mol. The third-order valence-electron chi connectivity index (χ3n) is 9.43. The lowest BCUT2D eigenvalue weighted by Gasteiger charge is -2.41. The van der Waals surface area contributed by atoms with E-state index in [2.05, 4.69) is 55.8 Å². The molecule has 2 N–H and O–H groups in total. The van der Waals surface area contributed by atoms with Crippen LogP contribution in [0.15, 0.2) is 72.8 Å². The Kier molecular flexibility index (Phi) is 10.8. The van der Waals surface area contributed by atoms with Crippen molar-refractivity contribution >= 4 is 18.0 Å². The van der Waals surface area contributed by atoms with Gasteiger partial charge < -0.3 is 14.8 Å².